The van der Waals surface area contributed by atoms with E-state index in [1.54, 1.807) is 6.20 Å². The van der Waals surface area contributed by atoms with Gasteiger partial charge in [0.1, 0.15) is 0 Å². The molecule has 0 amide bonds. The Labute approximate surface area is 132 Å². The number of aliphatic imine (C=N–C) groups is 1. The van der Waals surface area contributed by atoms with Crippen LogP contribution in [0, 0.1) is 0 Å². The Balaban J connectivity index is 2.08. The van der Waals surface area contributed by atoms with Gasteiger partial charge in [0.2, 0.25) is 0 Å². The van der Waals surface area contributed by atoms with E-state index in [1.165, 1.54) is 0 Å². The maximum Gasteiger partial charge on any atom is 0.0993 e. The second-order valence-electron chi connectivity index (χ2n) is 5.55. The number of nitrogens with zero attached hydrogens (tertiary/aromatic N) is 4. The second-order valence-corrected chi connectivity index (χ2v) is 5.55. The van der Waals surface area contributed by atoms with Gasteiger partial charge in [0.05, 0.1) is 33.3 Å². The molecule has 0 bridgehead atoms. The minimum absolute atomic E-state index is 0.783. The molecule has 0 saturated carbocycles. The number of hydrogen-bond donors (Lipinski definition) is 0. The summed E-state index contributed by atoms with van der Waals surface area (Å²) >= 11 is 0. The molecule has 5 rings (SSSR count). The van der Waals surface area contributed by atoms with Crippen LogP contribution in [0.3, 0.4) is 0 Å². The van der Waals surface area contributed by atoms with Gasteiger partial charge in [0, 0.05) is 23.4 Å². The quantitative estimate of drug-likeness (QED) is 0.362. The molecule has 108 valence electrons. The molecule has 23 heavy (non-hydrogen) atoms. The summed E-state index contributed by atoms with van der Waals surface area (Å²) in [6, 6.07) is 11.9. The number of aromatic nitrogens is 3. The highest BCUT2D eigenvalue weighted by Gasteiger charge is 2.17. The van der Waals surface area contributed by atoms with Crippen molar-refractivity contribution >= 4 is 44.9 Å². The minimum atomic E-state index is 0.783. The highest BCUT2D eigenvalue weighted by Crippen LogP contribution is 2.37. The van der Waals surface area contributed by atoms with Gasteiger partial charge in [-0.15, -0.1) is 0 Å². The van der Waals surface area contributed by atoms with Crippen molar-refractivity contribution in [1.82, 2.24) is 15.0 Å². The van der Waals surface area contributed by atoms with Crippen molar-refractivity contribution in [1.29, 1.82) is 0 Å². The summed E-state index contributed by atoms with van der Waals surface area (Å²) in [5.41, 5.74) is 6.51. The first-order valence-corrected chi connectivity index (χ1v) is 7.57. The maximum absolute atomic E-state index is 4.88. The van der Waals surface area contributed by atoms with Crippen LogP contribution in [0.5, 0.6) is 0 Å². The van der Waals surface area contributed by atoms with Crippen molar-refractivity contribution in [2.75, 3.05) is 0 Å². The summed E-state index contributed by atoms with van der Waals surface area (Å²) in [6.45, 7) is 0. The van der Waals surface area contributed by atoms with Crippen LogP contribution in [0.2, 0.25) is 0 Å². The smallest absolute Gasteiger partial charge is 0.0993 e. The Morgan fingerprint density at radius 1 is 0.826 bits per heavy atom. The summed E-state index contributed by atoms with van der Waals surface area (Å²) in [4.78, 5) is 18.9. The molecule has 4 aromatic rings. The molecule has 0 unspecified atom stereocenters. The standard InChI is InChI=1S/C19H12N4/c1-2-9-15-14(8-1)22-18-12-6-3-4-10-20-16(12)17-13(19(18)23-15)7-5-11-21-17/h1-5,7-11H,6H2. The lowest BCUT2D eigenvalue weighted by atomic mass is 10.0. The molecular formula is C19H12N4. The van der Waals surface area contributed by atoms with Crippen LogP contribution in [0.1, 0.15) is 5.56 Å². The van der Waals surface area contributed by atoms with Crippen molar-refractivity contribution in [2.45, 2.75) is 6.42 Å². The number of allylic oxidation sites excluding steroid dienone is 2. The van der Waals surface area contributed by atoms with Gasteiger partial charge in [-0.1, -0.05) is 18.2 Å². The maximum atomic E-state index is 4.88. The molecule has 0 aliphatic carbocycles. The fourth-order valence-electron chi connectivity index (χ4n) is 3.14. The SMILES string of the molecule is C1=CCc2c(c3ncccc3c3nc4ccccc4nc23)N=C1. The minimum Gasteiger partial charge on any atom is -0.254 e. The first-order chi connectivity index (χ1) is 11.4. The highest BCUT2D eigenvalue weighted by molar-refractivity contribution is 6.12. The molecular weight excluding hydrogens is 284 g/mol. The molecule has 4 nitrogen and oxygen atoms in total. The van der Waals surface area contributed by atoms with Gasteiger partial charge in [-0.05, 0) is 36.8 Å². The Morgan fingerprint density at radius 2 is 1.65 bits per heavy atom. The van der Waals surface area contributed by atoms with E-state index >= 15 is 0 Å². The average molecular weight is 296 g/mol. The summed E-state index contributed by atoms with van der Waals surface area (Å²) in [7, 11) is 0. The monoisotopic (exact) mass is 296 g/mol. The predicted octanol–water partition coefficient (Wildman–Crippen LogP) is 4.15. The van der Waals surface area contributed by atoms with Gasteiger partial charge < -0.3 is 0 Å². The molecule has 3 heterocycles. The van der Waals surface area contributed by atoms with Gasteiger partial charge in [-0.2, -0.15) is 0 Å². The summed E-state index contributed by atoms with van der Waals surface area (Å²) in [6.07, 6.45) is 8.47. The van der Waals surface area contributed by atoms with Crippen molar-refractivity contribution in [3.05, 3.63) is 60.3 Å². The number of fused-ring (bicyclic) bond motifs is 7. The van der Waals surface area contributed by atoms with Crippen LogP contribution in [0.4, 0.5) is 5.69 Å². The lowest BCUT2D eigenvalue weighted by Gasteiger charge is -2.11. The third-order valence-corrected chi connectivity index (χ3v) is 4.18. The number of para-hydroxylation sites is 2. The Morgan fingerprint density at radius 3 is 2.52 bits per heavy atom. The molecule has 0 N–H and O–H groups in total. The van der Waals surface area contributed by atoms with E-state index in [2.05, 4.69) is 16.1 Å². The molecule has 0 atom stereocenters. The topological polar surface area (TPSA) is 51.0 Å². The molecule has 1 aliphatic heterocycles. The highest BCUT2D eigenvalue weighted by atomic mass is 14.8. The first kappa shape index (κ1) is 12.4. The molecule has 1 aliphatic rings. The Bertz CT molecular complexity index is 1140. The fourth-order valence-corrected chi connectivity index (χ4v) is 3.14. The van der Waals surface area contributed by atoms with E-state index in [0.717, 1.165) is 50.6 Å². The van der Waals surface area contributed by atoms with Crippen molar-refractivity contribution in [3.63, 3.8) is 0 Å². The van der Waals surface area contributed by atoms with Gasteiger partial charge in [-0.3, -0.25) is 9.98 Å². The molecule has 0 saturated heterocycles. The zero-order valence-corrected chi connectivity index (χ0v) is 12.3. The largest absolute Gasteiger partial charge is 0.254 e. The zero-order valence-electron chi connectivity index (χ0n) is 12.3. The number of benzene rings is 2. The van der Waals surface area contributed by atoms with E-state index in [9.17, 15) is 0 Å². The van der Waals surface area contributed by atoms with Crippen LogP contribution < -0.4 is 0 Å². The van der Waals surface area contributed by atoms with E-state index in [0.29, 0.717) is 0 Å². The summed E-state index contributed by atoms with van der Waals surface area (Å²) in [5, 5.41) is 0.999. The van der Waals surface area contributed by atoms with Crippen LogP contribution in [0.15, 0.2) is 59.7 Å². The van der Waals surface area contributed by atoms with E-state index in [1.807, 2.05) is 48.7 Å². The van der Waals surface area contributed by atoms with E-state index in [-0.39, 0.29) is 0 Å². The molecule has 2 aromatic heterocycles. The number of rotatable bonds is 0. The van der Waals surface area contributed by atoms with Crippen LogP contribution in [0.25, 0.3) is 33.0 Å². The lowest BCUT2D eigenvalue weighted by molar-refractivity contribution is 1.26. The summed E-state index contributed by atoms with van der Waals surface area (Å²) in [5.74, 6) is 0. The zero-order chi connectivity index (χ0) is 15.2. The molecule has 0 radical (unpaired) electrons. The molecule has 4 heteroatoms. The van der Waals surface area contributed by atoms with Gasteiger partial charge in [0.15, 0.2) is 0 Å². The van der Waals surface area contributed by atoms with Crippen molar-refractivity contribution < 1.29 is 0 Å². The Hall–Kier alpha value is -3.14. The normalized spacial score (nSPS) is 13.6. The third-order valence-electron chi connectivity index (χ3n) is 4.18. The Kier molecular flexibility index (Phi) is 2.52. The molecule has 0 fully saturated rings. The van der Waals surface area contributed by atoms with Crippen molar-refractivity contribution in [2.24, 2.45) is 4.99 Å². The second kappa shape index (κ2) is 4.68. The number of pyridine rings is 1. The van der Waals surface area contributed by atoms with Gasteiger partial charge in [0.25, 0.3) is 0 Å². The number of hydrogen-bond acceptors (Lipinski definition) is 4. The molecule has 2 aromatic carbocycles. The lowest BCUT2D eigenvalue weighted by Crippen LogP contribution is -1.96. The van der Waals surface area contributed by atoms with E-state index in [4.69, 9.17) is 9.97 Å². The van der Waals surface area contributed by atoms with Gasteiger partial charge in [-0.25, -0.2) is 9.97 Å². The van der Waals surface area contributed by atoms with Gasteiger partial charge >= 0.3 is 0 Å². The fraction of sp³-hybridized carbons (Fsp3) is 0.0526. The van der Waals surface area contributed by atoms with E-state index < -0.39 is 0 Å². The predicted molar refractivity (Wildman–Crippen MR) is 93.3 cm³/mol. The summed E-state index contributed by atoms with van der Waals surface area (Å²) < 4.78 is 0. The molecule has 0 spiro atoms. The first-order valence-electron chi connectivity index (χ1n) is 7.57. The van der Waals surface area contributed by atoms with Crippen molar-refractivity contribution in [3.8, 4) is 0 Å². The average Bonchev–Trinajstić information content (AvgIpc) is 2.87. The van der Waals surface area contributed by atoms with Crippen LogP contribution in [-0.2, 0) is 6.42 Å². The third kappa shape index (κ3) is 1.78. The van der Waals surface area contributed by atoms with Crippen LogP contribution >= 0.6 is 0 Å². The van der Waals surface area contributed by atoms with Crippen LogP contribution in [-0.4, -0.2) is 21.2 Å².